The first-order valence-electron chi connectivity index (χ1n) is 4.72. The number of nitrogens with zero attached hydrogens (tertiary/aromatic N) is 3. The fourth-order valence-corrected chi connectivity index (χ4v) is 2.16. The topological polar surface area (TPSA) is 46.1 Å². The highest BCUT2D eigenvalue weighted by Gasteiger charge is 2.30. The van der Waals surface area contributed by atoms with Crippen LogP contribution in [0, 0.1) is 5.92 Å². The molecular formula is C10H9BrClN3O. The number of anilines is 1. The fraction of sp³-hybridized carbons (Fsp3) is 0.300. The summed E-state index contributed by atoms with van der Waals surface area (Å²) < 4.78 is 0.662. The Kier molecular flexibility index (Phi) is 3.25. The molecule has 1 fully saturated rings. The van der Waals surface area contributed by atoms with Gasteiger partial charge in [0.05, 0.1) is 4.47 Å². The third kappa shape index (κ3) is 2.10. The molecule has 2 heterocycles. The third-order valence-electron chi connectivity index (χ3n) is 2.44. The number of carbonyl (C=O) groups excluding carboxylic acids is 1. The first kappa shape index (κ1) is 11.5. The summed E-state index contributed by atoms with van der Waals surface area (Å²) in [5, 5.41) is 0.132. The maximum Gasteiger partial charge on any atom is 0.228 e. The van der Waals surface area contributed by atoms with Gasteiger partial charge in [0.2, 0.25) is 11.2 Å². The highest BCUT2D eigenvalue weighted by molar-refractivity contribution is 9.10. The summed E-state index contributed by atoms with van der Waals surface area (Å²) in [7, 11) is 0. The van der Waals surface area contributed by atoms with E-state index in [1.165, 1.54) is 0 Å². The molecule has 0 aliphatic carbocycles. The average Bonchev–Trinajstić information content (AvgIpc) is 2.63. The quantitative estimate of drug-likeness (QED) is 0.622. The lowest BCUT2D eigenvalue weighted by molar-refractivity contribution is -0.117. The zero-order valence-electron chi connectivity index (χ0n) is 8.36. The van der Waals surface area contributed by atoms with Crippen molar-refractivity contribution in [2.45, 2.75) is 6.42 Å². The lowest BCUT2D eigenvalue weighted by Crippen LogP contribution is -2.26. The summed E-state index contributed by atoms with van der Waals surface area (Å²) in [6, 6.07) is 0. The summed E-state index contributed by atoms with van der Waals surface area (Å²) in [5.74, 6) is 0.725. The van der Waals surface area contributed by atoms with Gasteiger partial charge in [-0.3, -0.25) is 9.69 Å². The number of aromatic nitrogens is 2. The lowest BCUT2D eigenvalue weighted by atomic mass is 10.1. The van der Waals surface area contributed by atoms with Crippen molar-refractivity contribution in [2.24, 2.45) is 5.92 Å². The maximum absolute atomic E-state index is 11.8. The van der Waals surface area contributed by atoms with Crippen molar-refractivity contribution in [3.63, 3.8) is 0 Å². The van der Waals surface area contributed by atoms with Crippen LogP contribution in [0.15, 0.2) is 23.3 Å². The van der Waals surface area contributed by atoms with E-state index in [1.54, 1.807) is 17.2 Å². The second-order valence-corrected chi connectivity index (χ2v) is 4.71. The first-order valence-corrected chi connectivity index (χ1v) is 5.90. The second kappa shape index (κ2) is 4.51. The molecule has 0 saturated carbocycles. The van der Waals surface area contributed by atoms with Crippen molar-refractivity contribution in [3.05, 3.63) is 28.6 Å². The average molecular weight is 303 g/mol. The van der Waals surface area contributed by atoms with Gasteiger partial charge in [0.25, 0.3) is 0 Å². The zero-order valence-corrected chi connectivity index (χ0v) is 10.7. The van der Waals surface area contributed by atoms with E-state index in [4.69, 9.17) is 11.6 Å². The van der Waals surface area contributed by atoms with Crippen LogP contribution >= 0.6 is 27.5 Å². The van der Waals surface area contributed by atoms with Crippen molar-refractivity contribution in [2.75, 3.05) is 11.4 Å². The van der Waals surface area contributed by atoms with Gasteiger partial charge in [-0.1, -0.05) is 6.08 Å². The Balaban J connectivity index is 2.34. The van der Waals surface area contributed by atoms with E-state index in [2.05, 4.69) is 32.5 Å². The van der Waals surface area contributed by atoms with Crippen LogP contribution in [0.4, 0.5) is 5.82 Å². The van der Waals surface area contributed by atoms with E-state index >= 15 is 0 Å². The standard InChI is InChI=1S/C10H9BrClN3O/c1-2-6-3-8(16)15(5-6)9-7(11)4-13-10(12)14-9/h2,4,6H,1,3,5H2. The molecule has 6 heteroatoms. The predicted molar refractivity (Wildman–Crippen MR) is 65.4 cm³/mol. The number of hydrogen-bond acceptors (Lipinski definition) is 3. The first-order chi connectivity index (χ1) is 7.61. The van der Waals surface area contributed by atoms with Gasteiger partial charge in [0, 0.05) is 25.1 Å². The molecule has 1 unspecified atom stereocenters. The number of rotatable bonds is 2. The largest absolute Gasteiger partial charge is 0.295 e. The molecule has 0 bridgehead atoms. The third-order valence-corrected chi connectivity index (χ3v) is 3.18. The van der Waals surface area contributed by atoms with Gasteiger partial charge >= 0.3 is 0 Å². The number of halogens is 2. The summed E-state index contributed by atoms with van der Waals surface area (Å²) in [5.41, 5.74) is 0. The van der Waals surface area contributed by atoms with E-state index in [-0.39, 0.29) is 17.1 Å². The molecule has 1 atom stereocenters. The minimum atomic E-state index is 0.0281. The summed E-state index contributed by atoms with van der Waals surface area (Å²) in [6.45, 7) is 4.29. The Morgan fingerprint density at radius 1 is 1.69 bits per heavy atom. The monoisotopic (exact) mass is 301 g/mol. The SMILES string of the molecule is C=CC1CC(=O)N(c2nc(Cl)ncc2Br)C1. The fourth-order valence-electron chi connectivity index (χ4n) is 1.62. The van der Waals surface area contributed by atoms with E-state index in [0.29, 0.717) is 23.3 Å². The van der Waals surface area contributed by atoms with Crippen LogP contribution in [0.2, 0.25) is 5.28 Å². The van der Waals surface area contributed by atoms with Crippen LogP contribution < -0.4 is 4.90 Å². The van der Waals surface area contributed by atoms with Gasteiger partial charge in [-0.2, -0.15) is 4.98 Å². The highest BCUT2D eigenvalue weighted by atomic mass is 79.9. The van der Waals surface area contributed by atoms with Crippen LogP contribution in [0.5, 0.6) is 0 Å². The van der Waals surface area contributed by atoms with E-state index in [1.807, 2.05) is 0 Å². The maximum atomic E-state index is 11.8. The Hall–Kier alpha value is -0.940. The molecule has 2 rings (SSSR count). The number of hydrogen-bond donors (Lipinski definition) is 0. The van der Waals surface area contributed by atoms with E-state index in [9.17, 15) is 4.79 Å². The Labute approximate surface area is 106 Å². The van der Waals surface area contributed by atoms with Gasteiger partial charge in [-0.25, -0.2) is 4.98 Å². The lowest BCUT2D eigenvalue weighted by Gasteiger charge is -2.16. The molecule has 1 saturated heterocycles. The van der Waals surface area contributed by atoms with Crippen molar-refractivity contribution in [3.8, 4) is 0 Å². The van der Waals surface area contributed by atoms with Crippen molar-refractivity contribution in [1.29, 1.82) is 0 Å². The Morgan fingerprint density at radius 3 is 3.06 bits per heavy atom. The molecule has 1 amide bonds. The van der Waals surface area contributed by atoms with E-state index < -0.39 is 0 Å². The molecule has 4 nitrogen and oxygen atoms in total. The molecule has 0 radical (unpaired) electrons. The molecule has 1 aromatic heterocycles. The van der Waals surface area contributed by atoms with E-state index in [0.717, 1.165) is 0 Å². The van der Waals surface area contributed by atoms with Crippen LogP contribution in [0.1, 0.15) is 6.42 Å². The molecule has 84 valence electrons. The number of amides is 1. The summed E-state index contributed by atoms with van der Waals surface area (Å²) in [6.07, 6.45) is 3.80. The van der Waals surface area contributed by atoms with Gasteiger partial charge in [0.15, 0.2) is 5.82 Å². The molecule has 0 aromatic carbocycles. The second-order valence-electron chi connectivity index (χ2n) is 3.51. The van der Waals surface area contributed by atoms with Gasteiger partial charge in [-0.15, -0.1) is 6.58 Å². The number of carbonyl (C=O) groups is 1. The molecule has 1 aliphatic rings. The van der Waals surface area contributed by atoms with Crippen LogP contribution in [-0.4, -0.2) is 22.4 Å². The van der Waals surface area contributed by atoms with Crippen molar-refractivity contribution < 1.29 is 4.79 Å². The van der Waals surface area contributed by atoms with Gasteiger partial charge in [-0.05, 0) is 27.5 Å². The Morgan fingerprint density at radius 2 is 2.44 bits per heavy atom. The van der Waals surface area contributed by atoms with Crippen LogP contribution in [0.3, 0.4) is 0 Å². The minimum absolute atomic E-state index is 0.0281. The summed E-state index contributed by atoms with van der Waals surface area (Å²) in [4.78, 5) is 21.2. The van der Waals surface area contributed by atoms with Crippen LogP contribution in [0.25, 0.3) is 0 Å². The molecule has 1 aliphatic heterocycles. The van der Waals surface area contributed by atoms with Gasteiger partial charge < -0.3 is 0 Å². The Bertz CT molecular complexity index is 452. The molecule has 1 aromatic rings. The minimum Gasteiger partial charge on any atom is -0.295 e. The van der Waals surface area contributed by atoms with Crippen molar-refractivity contribution >= 4 is 39.3 Å². The van der Waals surface area contributed by atoms with Gasteiger partial charge in [0.1, 0.15) is 0 Å². The molecule has 0 spiro atoms. The molecule has 0 N–H and O–H groups in total. The molecule has 16 heavy (non-hydrogen) atoms. The smallest absolute Gasteiger partial charge is 0.228 e. The predicted octanol–water partition coefficient (Wildman–Crippen LogP) is 2.43. The molecular weight excluding hydrogens is 293 g/mol. The van der Waals surface area contributed by atoms with Crippen molar-refractivity contribution in [1.82, 2.24) is 9.97 Å². The summed E-state index contributed by atoms with van der Waals surface area (Å²) >= 11 is 9.02. The van der Waals surface area contributed by atoms with Crippen LogP contribution in [-0.2, 0) is 4.79 Å². The normalized spacial score (nSPS) is 20.2. The highest BCUT2D eigenvalue weighted by Crippen LogP contribution is 2.30. The zero-order chi connectivity index (χ0) is 11.7.